The second-order valence-corrected chi connectivity index (χ2v) is 5.68. The first kappa shape index (κ1) is 15.1. The van der Waals surface area contributed by atoms with Crippen LogP contribution in [0.15, 0.2) is 52.7 Å². The van der Waals surface area contributed by atoms with Crippen molar-refractivity contribution in [1.29, 1.82) is 0 Å². The highest BCUT2D eigenvalue weighted by Gasteiger charge is 2.11. The zero-order chi connectivity index (χ0) is 16.4. The fourth-order valence-corrected chi connectivity index (χ4v) is 2.40. The van der Waals surface area contributed by atoms with Gasteiger partial charge in [-0.25, -0.2) is 0 Å². The quantitative estimate of drug-likeness (QED) is 0.632. The lowest BCUT2D eigenvalue weighted by Crippen LogP contribution is -1.84. The first-order chi connectivity index (χ1) is 11.1. The van der Waals surface area contributed by atoms with Gasteiger partial charge in [0.15, 0.2) is 5.69 Å². The minimum Gasteiger partial charge on any atom is -0.497 e. The molecule has 1 aromatic heterocycles. The number of aromatic nitrogens is 1. The standard InChI is InChI=1S/C18H19N3O2/c1-11(2)12-4-6-13(7-5-12)20-21-17-15-10-14(23-3)8-9-16(15)19-18(17)22/h4-11,19,22H,1-3H3. The second-order valence-electron chi connectivity index (χ2n) is 5.68. The van der Waals surface area contributed by atoms with Crippen molar-refractivity contribution in [3.8, 4) is 11.6 Å². The molecular formula is C18H19N3O2. The Kier molecular flexibility index (Phi) is 4.02. The molecule has 1 heterocycles. The zero-order valence-electron chi connectivity index (χ0n) is 13.4. The lowest BCUT2D eigenvalue weighted by molar-refractivity contribution is 0.415. The van der Waals surface area contributed by atoms with Crippen LogP contribution in [0.2, 0.25) is 0 Å². The number of ether oxygens (including phenoxy) is 1. The summed E-state index contributed by atoms with van der Waals surface area (Å²) in [5, 5.41) is 19.2. The Morgan fingerprint density at radius 1 is 1.04 bits per heavy atom. The lowest BCUT2D eigenvalue weighted by atomic mass is 10.0. The molecule has 0 saturated heterocycles. The molecule has 3 aromatic rings. The van der Waals surface area contributed by atoms with Gasteiger partial charge in [-0.15, -0.1) is 5.11 Å². The van der Waals surface area contributed by atoms with E-state index in [2.05, 4.69) is 29.1 Å². The topological polar surface area (TPSA) is 70.0 Å². The Hall–Kier alpha value is -2.82. The predicted octanol–water partition coefficient (Wildman–Crippen LogP) is 5.42. The summed E-state index contributed by atoms with van der Waals surface area (Å²) in [5.41, 5.74) is 3.19. The van der Waals surface area contributed by atoms with Crippen molar-refractivity contribution in [2.45, 2.75) is 19.8 Å². The fourth-order valence-electron chi connectivity index (χ4n) is 2.40. The molecule has 0 unspecified atom stereocenters. The van der Waals surface area contributed by atoms with Gasteiger partial charge in [0.2, 0.25) is 5.88 Å². The van der Waals surface area contributed by atoms with Crippen LogP contribution in [0.25, 0.3) is 10.9 Å². The summed E-state index contributed by atoms with van der Waals surface area (Å²) in [5.74, 6) is 1.18. The number of aromatic amines is 1. The van der Waals surface area contributed by atoms with Gasteiger partial charge in [0, 0.05) is 5.39 Å². The number of methoxy groups -OCH3 is 1. The number of nitrogens with one attached hydrogen (secondary N) is 1. The molecule has 0 fully saturated rings. The lowest BCUT2D eigenvalue weighted by Gasteiger charge is -2.03. The van der Waals surface area contributed by atoms with Crippen molar-refractivity contribution in [3.05, 3.63) is 48.0 Å². The van der Waals surface area contributed by atoms with E-state index in [1.165, 1.54) is 5.56 Å². The van der Waals surface area contributed by atoms with E-state index in [1.54, 1.807) is 7.11 Å². The van der Waals surface area contributed by atoms with Gasteiger partial charge in [0.1, 0.15) is 5.75 Å². The Labute approximate surface area is 134 Å². The normalized spacial score (nSPS) is 11.7. The molecule has 0 bridgehead atoms. The van der Waals surface area contributed by atoms with Crippen molar-refractivity contribution in [2.75, 3.05) is 7.11 Å². The van der Waals surface area contributed by atoms with Crippen molar-refractivity contribution in [2.24, 2.45) is 10.2 Å². The summed E-state index contributed by atoms with van der Waals surface area (Å²) >= 11 is 0. The van der Waals surface area contributed by atoms with Gasteiger partial charge in [0.25, 0.3) is 0 Å². The molecule has 0 saturated carbocycles. The first-order valence-electron chi connectivity index (χ1n) is 7.49. The number of aromatic hydroxyl groups is 1. The highest BCUT2D eigenvalue weighted by Crippen LogP contribution is 2.38. The molecule has 0 amide bonds. The van der Waals surface area contributed by atoms with Gasteiger partial charge in [-0.1, -0.05) is 26.0 Å². The van der Waals surface area contributed by atoms with Gasteiger partial charge < -0.3 is 14.8 Å². The molecule has 0 spiro atoms. The molecule has 0 aliphatic rings. The molecule has 0 aliphatic carbocycles. The van der Waals surface area contributed by atoms with E-state index in [9.17, 15) is 5.11 Å². The molecule has 2 N–H and O–H groups in total. The first-order valence-corrected chi connectivity index (χ1v) is 7.49. The molecule has 0 radical (unpaired) electrons. The summed E-state index contributed by atoms with van der Waals surface area (Å²) in [7, 11) is 1.60. The van der Waals surface area contributed by atoms with Crippen molar-refractivity contribution >= 4 is 22.3 Å². The molecule has 118 valence electrons. The molecular weight excluding hydrogens is 290 g/mol. The van der Waals surface area contributed by atoms with Crippen LogP contribution in [0.3, 0.4) is 0 Å². The van der Waals surface area contributed by atoms with E-state index in [-0.39, 0.29) is 5.88 Å². The van der Waals surface area contributed by atoms with Gasteiger partial charge in [0.05, 0.1) is 18.3 Å². The minimum atomic E-state index is -0.00389. The van der Waals surface area contributed by atoms with Gasteiger partial charge in [-0.2, -0.15) is 5.11 Å². The average Bonchev–Trinajstić information content (AvgIpc) is 2.87. The summed E-state index contributed by atoms with van der Waals surface area (Å²) in [6.45, 7) is 4.29. The maximum Gasteiger partial charge on any atom is 0.218 e. The van der Waals surface area contributed by atoms with E-state index in [0.717, 1.165) is 16.6 Å². The molecule has 5 heteroatoms. The summed E-state index contributed by atoms with van der Waals surface area (Å²) in [6.07, 6.45) is 0. The average molecular weight is 309 g/mol. The zero-order valence-corrected chi connectivity index (χ0v) is 13.4. The van der Waals surface area contributed by atoms with Crippen LogP contribution >= 0.6 is 0 Å². The Morgan fingerprint density at radius 2 is 1.78 bits per heavy atom. The Morgan fingerprint density at radius 3 is 2.43 bits per heavy atom. The van der Waals surface area contributed by atoms with Gasteiger partial charge in [-0.3, -0.25) is 0 Å². The summed E-state index contributed by atoms with van der Waals surface area (Å²) < 4.78 is 5.22. The van der Waals surface area contributed by atoms with Crippen LogP contribution < -0.4 is 4.74 Å². The maximum absolute atomic E-state index is 10.0. The van der Waals surface area contributed by atoms with Crippen LogP contribution in [0.4, 0.5) is 11.4 Å². The van der Waals surface area contributed by atoms with Crippen molar-refractivity contribution in [1.82, 2.24) is 4.98 Å². The number of hydrogen-bond donors (Lipinski definition) is 2. The fraction of sp³-hybridized carbons (Fsp3) is 0.222. The highest BCUT2D eigenvalue weighted by atomic mass is 16.5. The van der Waals surface area contributed by atoms with Crippen molar-refractivity contribution < 1.29 is 9.84 Å². The SMILES string of the molecule is COc1ccc2[nH]c(O)c(N=Nc3ccc(C(C)C)cc3)c2c1. The van der Waals surface area contributed by atoms with Crippen molar-refractivity contribution in [3.63, 3.8) is 0 Å². The van der Waals surface area contributed by atoms with E-state index in [0.29, 0.717) is 17.4 Å². The largest absolute Gasteiger partial charge is 0.497 e. The Balaban J connectivity index is 1.95. The van der Waals surface area contributed by atoms with Gasteiger partial charge >= 0.3 is 0 Å². The monoisotopic (exact) mass is 309 g/mol. The van der Waals surface area contributed by atoms with E-state index < -0.39 is 0 Å². The third-order valence-electron chi connectivity index (χ3n) is 3.78. The van der Waals surface area contributed by atoms with E-state index >= 15 is 0 Å². The number of azo groups is 1. The third kappa shape index (κ3) is 3.04. The third-order valence-corrected chi connectivity index (χ3v) is 3.78. The number of benzene rings is 2. The van der Waals surface area contributed by atoms with Crippen LogP contribution in [-0.2, 0) is 0 Å². The minimum absolute atomic E-state index is 0.00389. The predicted molar refractivity (Wildman–Crippen MR) is 91.2 cm³/mol. The smallest absolute Gasteiger partial charge is 0.218 e. The number of fused-ring (bicyclic) bond motifs is 1. The van der Waals surface area contributed by atoms with Crippen LogP contribution in [0, 0.1) is 0 Å². The van der Waals surface area contributed by atoms with E-state index in [4.69, 9.17) is 4.74 Å². The summed E-state index contributed by atoms with van der Waals surface area (Å²) in [6, 6.07) is 13.4. The molecule has 0 atom stereocenters. The Bertz CT molecular complexity index is 849. The molecule has 0 aliphatic heterocycles. The molecule has 23 heavy (non-hydrogen) atoms. The van der Waals surface area contributed by atoms with Crippen LogP contribution in [0.5, 0.6) is 11.6 Å². The number of nitrogens with zero attached hydrogens (tertiary/aromatic N) is 2. The number of rotatable bonds is 4. The number of H-pyrrole nitrogens is 1. The highest BCUT2D eigenvalue weighted by molar-refractivity contribution is 5.95. The van der Waals surface area contributed by atoms with Crippen LogP contribution in [0.1, 0.15) is 25.3 Å². The van der Waals surface area contributed by atoms with Crippen LogP contribution in [-0.4, -0.2) is 17.2 Å². The molecule has 3 rings (SSSR count). The van der Waals surface area contributed by atoms with E-state index in [1.807, 2.05) is 42.5 Å². The number of hydrogen-bond acceptors (Lipinski definition) is 4. The van der Waals surface area contributed by atoms with Gasteiger partial charge in [-0.05, 0) is 41.8 Å². The molecule has 5 nitrogen and oxygen atoms in total. The maximum atomic E-state index is 10.0. The molecule has 2 aromatic carbocycles. The second kappa shape index (κ2) is 6.12. The summed E-state index contributed by atoms with van der Waals surface area (Å²) in [4.78, 5) is 2.88.